The Kier molecular flexibility index (Phi) is 7.17. The second-order valence-electron chi connectivity index (χ2n) is 10.5. The fourth-order valence-corrected chi connectivity index (χ4v) is 8.31. The van der Waals surface area contributed by atoms with E-state index in [2.05, 4.69) is 29.5 Å². The SMILES string of the molecule is CSc1nsc(NC(=O)N2CC3(CCC(N(C)c4ncnc5c4ccn5S(=O)(=O)Cc4ccccc4)CC3)C2)n1. The molecule has 11 nitrogen and oxygen atoms in total. The molecule has 0 radical (unpaired) electrons. The molecule has 1 aliphatic heterocycles. The number of urea groups is 1. The van der Waals surface area contributed by atoms with Crippen molar-refractivity contribution in [3.05, 3.63) is 54.5 Å². The van der Waals surface area contributed by atoms with Gasteiger partial charge in [0.2, 0.25) is 20.3 Å². The number of hydrogen-bond donors (Lipinski definition) is 1. The highest BCUT2D eigenvalue weighted by Gasteiger charge is 2.47. The Hall–Kier alpha value is -3.23. The smallest absolute Gasteiger partial charge is 0.323 e. The van der Waals surface area contributed by atoms with Crippen molar-refractivity contribution in [2.75, 3.05) is 36.6 Å². The van der Waals surface area contributed by atoms with Crippen molar-refractivity contribution in [1.82, 2.24) is 28.2 Å². The summed E-state index contributed by atoms with van der Waals surface area (Å²) in [6.45, 7) is 1.48. The first-order valence-electron chi connectivity index (χ1n) is 13.0. The molecule has 1 aromatic carbocycles. The first-order chi connectivity index (χ1) is 19.3. The van der Waals surface area contributed by atoms with Crippen LogP contribution in [-0.4, -0.2) is 75.1 Å². The van der Waals surface area contributed by atoms with Gasteiger partial charge in [0.1, 0.15) is 12.1 Å². The molecule has 0 bridgehead atoms. The maximum absolute atomic E-state index is 13.2. The summed E-state index contributed by atoms with van der Waals surface area (Å²) in [4.78, 5) is 29.8. The van der Waals surface area contributed by atoms with Crippen LogP contribution in [0.2, 0.25) is 0 Å². The molecule has 210 valence electrons. The monoisotopic (exact) mass is 598 g/mol. The van der Waals surface area contributed by atoms with Crippen molar-refractivity contribution < 1.29 is 13.2 Å². The third-order valence-corrected chi connectivity index (χ3v) is 10.8. The van der Waals surface area contributed by atoms with Crippen LogP contribution in [0.3, 0.4) is 0 Å². The number of rotatable bonds is 7. The molecule has 2 aliphatic rings. The van der Waals surface area contributed by atoms with Gasteiger partial charge in [0, 0.05) is 49.3 Å². The summed E-state index contributed by atoms with van der Waals surface area (Å²) >= 11 is 2.64. The number of carbonyl (C=O) groups is 1. The van der Waals surface area contributed by atoms with Gasteiger partial charge in [-0.05, 0) is 43.6 Å². The molecule has 4 heterocycles. The van der Waals surface area contributed by atoms with Gasteiger partial charge in [-0.2, -0.15) is 9.36 Å². The second kappa shape index (κ2) is 10.6. The summed E-state index contributed by atoms with van der Waals surface area (Å²) in [6, 6.07) is 11.1. The van der Waals surface area contributed by atoms with Gasteiger partial charge in [-0.1, -0.05) is 42.1 Å². The summed E-state index contributed by atoms with van der Waals surface area (Å²) in [7, 11) is -1.63. The lowest BCUT2D eigenvalue weighted by atomic mass is 9.67. The van der Waals surface area contributed by atoms with Crippen LogP contribution in [-0.2, 0) is 15.8 Å². The van der Waals surface area contributed by atoms with E-state index in [9.17, 15) is 13.2 Å². The summed E-state index contributed by atoms with van der Waals surface area (Å²) in [5.74, 6) is 0.627. The van der Waals surface area contributed by atoms with Gasteiger partial charge in [0.05, 0.1) is 11.1 Å². The van der Waals surface area contributed by atoms with Gasteiger partial charge in [-0.25, -0.2) is 27.2 Å². The summed E-state index contributed by atoms with van der Waals surface area (Å²) in [5.41, 5.74) is 1.26. The Balaban J connectivity index is 1.09. The number of amides is 2. The maximum Gasteiger partial charge on any atom is 0.323 e. The second-order valence-corrected chi connectivity index (χ2v) is 13.9. The standard InChI is InChI=1S/C26H30N8O3S3/c1-32(19-8-11-26(12-9-19)15-33(16-26)25(35)30-23-29-24(38-2)31-39-23)21-20-10-13-34(22(20)28-17-27-21)40(36,37)14-18-6-4-3-5-7-18/h3-7,10,13,17,19H,8-9,11-12,14-16H2,1-2H3,(H,29,30,31,35). The molecule has 4 aromatic rings. The minimum absolute atomic E-state index is 0.105. The lowest BCUT2D eigenvalue weighted by Gasteiger charge is -2.54. The zero-order valence-electron chi connectivity index (χ0n) is 22.2. The van der Waals surface area contributed by atoms with Crippen LogP contribution in [0, 0.1) is 5.41 Å². The van der Waals surface area contributed by atoms with Crippen molar-refractivity contribution in [2.24, 2.45) is 5.41 Å². The fraction of sp³-hybridized carbons (Fsp3) is 0.423. The molecule has 14 heteroatoms. The third-order valence-electron chi connectivity index (χ3n) is 7.96. The molecule has 1 N–H and O–H groups in total. The van der Waals surface area contributed by atoms with E-state index in [4.69, 9.17) is 0 Å². The van der Waals surface area contributed by atoms with Crippen molar-refractivity contribution in [1.29, 1.82) is 0 Å². The largest absolute Gasteiger partial charge is 0.356 e. The van der Waals surface area contributed by atoms with Crippen molar-refractivity contribution in [3.63, 3.8) is 0 Å². The Morgan fingerprint density at radius 2 is 1.93 bits per heavy atom. The Morgan fingerprint density at radius 3 is 2.62 bits per heavy atom. The van der Waals surface area contributed by atoms with E-state index < -0.39 is 10.0 Å². The van der Waals surface area contributed by atoms with E-state index in [0.29, 0.717) is 15.9 Å². The lowest BCUT2D eigenvalue weighted by molar-refractivity contribution is 0.000958. The quantitative estimate of drug-likeness (QED) is 0.310. The molecule has 0 atom stereocenters. The first-order valence-corrected chi connectivity index (χ1v) is 16.6. The van der Waals surface area contributed by atoms with Gasteiger partial charge in [-0.3, -0.25) is 5.32 Å². The van der Waals surface area contributed by atoms with Crippen LogP contribution in [0.25, 0.3) is 11.0 Å². The molecular formula is C26H30N8O3S3. The van der Waals surface area contributed by atoms with E-state index in [1.54, 1.807) is 24.4 Å². The van der Waals surface area contributed by atoms with Crippen molar-refractivity contribution in [3.8, 4) is 0 Å². The van der Waals surface area contributed by atoms with Gasteiger partial charge < -0.3 is 9.80 Å². The Bertz CT molecular complexity index is 1620. The topological polar surface area (TPSA) is 126 Å². The van der Waals surface area contributed by atoms with Crippen molar-refractivity contribution >= 4 is 61.3 Å². The van der Waals surface area contributed by atoms with Crippen LogP contribution in [0.15, 0.2) is 54.1 Å². The predicted octanol–water partition coefficient (Wildman–Crippen LogP) is 4.30. The third kappa shape index (κ3) is 5.15. The normalized spacial score (nSPS) is 17.2. The van der Waals surface area contributed by atoms with Crippen LogP contribution < -0.4 is 10.2 Å². The van der Waals surface area contributed by atoms with Gasteiger partial charge in [0.25, 0.3) is 0 Å². The molecule has 0 unspecified atom stereocenters. The zero-order chi connectivity index (χ0) is 27.9. The highest BCUT2D eigenvalue weighted by Crippen LogP contribution is 2.45. The zero-order valence-corrected chi connectivity index (χ0v) is 24.7. The fourth-order valence-electron chi connectivity index (χ4n) is 5.79. The summed E-state index contributed by atoms with van der Waals surface area (Å²) < 4.78 is 31.9. The summed E-state index contributed by atoms with van der Waals surface area (Å²) in [6.07, 6.45) is 8.89. The number of carbonyl (C=O) groups excluding carboxylic acids is 1. The minimum Gasteiger partial charge on any atom is -0.356 e. The number of anilines is 2. The highest BCUT2D eigenvalue weighted by atomic mass is 32.2. The minimum atomic E-state index is -3.64. The van der Waals surface area contributed by atoms with E-state index in [1.165, 1.54) is 33.6 Å². The van der Waals surface area contributed by atoms with Crippen molar-refractivity contribution in [2.45, 2.75) is 42.6 Å². The molecule has 2 amide bonds. The number of thioether (sulfide) groups is 1. The molecule has 1 saturated carbocycles. The number of hydrogen-bond acceptors (Lipinski definition) is 10. The number of nitrogens with one attached hydrogen (secondary N) is 1. The Labute approximate surface area is 241 Å². The van der Waals surface area contributed by atoms with E-state index in [-0.39, 0.29) is 23.2 Å². The molecule has 1 spiro atoms. The summed E-state index contributed by atoms with van der Waals surface area (Å²) in [5, 5.41) is 4.77. The lowest BCUT2D eigenvalue weighted by Crippen LogP contribution is -2.61. The predicted molar refractivity (Wildman–Crippen MR) is 157 cm³/mol. The number of benzene rings is 1. The van der Waals surface area contributed by atoms with Gasteiger partial charge in [-0.15, -0.1) is 0 Å². The van der Waals surface area contributed by atoms with Crippen LogP contribution in [0.5, 0.6) is 0 Å². The van der Waals surface area contributed by atoms with E-state index in [0.717, 1.165) is 55.5 Å². The van der Waals surface area contributed by atoms with Gasteiger partial charge >= 0.3 is 6.03 Å². The molecular weight excluding hydrogens is 569 g/mol. The Morgan fingerprint density at radius 1 is 1.18 bits per heavy atom. The molecule has 40 heavy (non-hydrogen) atoms. The molecule has 3 aromatic heterocycles. The number of nitrogens with zero attached hydrogens (tertiary/aromatic N) is 7. The average Bonchev–Trinajstić information content (AvgIpc) is 3.59. The van der Waals surface area contributed by atoms with Crippen LogP contribution in [0.1, 0.15) is 31.2 Å². The average molecular weight is 599 g/mol. The molecule has 6 rings (SSSR count). The van der Waals surface area contributed by atoms with Crippen LogP contribution in [0.4, 0.5) is 15.7 Å². The molecule has 1 saturated heterocycles. The van der Waals surface area contributed by atoms with E-state index >= 15 is 0 Å². The van der Waals surface area contributed by atoms with Crippen LogP contribution >= 0.6 is 23.3 Å². The number of likely N-dealkylation sites (tertiary alicyclic amines) is 1. The first kappa shape index (κ1) is 27.0. The molecule has 2 fully saturated rings. The van der Waals surface area contributed by atoms with Gasteiger partial charge in [0.15, 0.2) is 5.65 Å². The highest BCUT2D eigenvalue weighted by molar-refractivity contribution is 7.98. The van der Waals surface area contributed by atoms with E-state index in [1.807, 2.05) is 36.4 Å². The maximum atomic E-state index is 13.2. The molecule has 1 aliphatic carbocycles. The number of aromatic nitrogens is 5. The number of fused-ring (bicyclic) bond motifs is 1.